The zero-order chi connectivity index (χ0) is 14.6. The summed E-state index contributed by atoms with van der Waals surface area (Å²) in [4.78, 5) is 31.9. The molecule has 0 heterocycles. The SMILES string of the molecule is COC(=O)c1c([N+](=O)[O-])ccc(F)c1CCC(=O)O. The van der Waals surface area contributed by atoms with Crippen molar-refractivity contribution < 1.29 is 28.7 Å². The minimum Gasteiger partial charge on any atom is -0.481 e. The summed E-state index contributed by atoms with van der Waals surface area (Å²) in [6.07, 6.45) is -0.796. The van der Waals surface area contributed by atoms with Crippen LogP contribution in [0, 0.1) is 15.9 Å². The molecule has 1 rings (SSSR count). The summed E-state index contributed by atoms with van der Waals surface area (Å²) in [5.41, 5.74) is -1.49. The highest BCUT2D eigenvalue weighted by Crippen LogP contribution is 2.26. The summed E-state index contributed by atoms with van der Waals surface area (Å²) in [5, 5.41) is 19.4. The number of ether oxygens (including phenoxy) is 1. The molecule has 0 unspecified atom stereocenters. The van der Waals surface area contributed by atoms with Gasteiger partial charge in [-0.3, -0.25) is 14.9 Å². The molecule has 0 saturated carbocycles. The van der Waals surface area contributed by atoms with Gasteiger partial charge in [-0.2, -0.15) is 0 Å². The van der Waals surface area contributed by atoms with Crippen LogP contribution in [0.15, 0.2) is 12.1 Å². The number of benzene rings is 1. The Hall–Kier alpha value is -2.51. The van der Waals surface area contributed by atoms with Crippen LogP contribution in [0.2, 0.25) is 0 Å². The average molecular weight is 271 g/mol. The molecule has 19 heavy (non-hydrogen) atoms. The highest BCUT2D eigenvalue weighted by Gasteiger charge is 2.27. The van der Waals surface area contributed by atoms with Crippen LogP contribution in [0.3, 0.4) is 0 Å². The second-order valence-electron chi connectivity index (χ2n) is 3.56. The van der Waals surface area contributed by atoms with Crippen LogP contribution in [0.5, 0.6) is 0 Å². The fourth-order valence-electron chi connectivity index (χ4n) is 1.57. The molecule has 1 aromatic carbocycles. The van der Waals surface area contributed by atoms with Gasteiger partial charge in [0, 0.05) is 18.1 Å². The largest absolute Gasteiger partial charge is 0.481 e. The third kappa shape index (κ3) is 3.24. The van der Waals surface area contributed by atoms with Gasteiger partial charge in [-0.15, -0.1) is 0 Å². The Morgan fingerprint density at radius 2 is 2.11 bits per heavy atom. The van der Waals surface area contributed by atoms with Crippen molar-refractivity contribution in [3.63, 3.8) is 0 Å². The third-order valence-corrected chi connectivity index (χ3v) is 2.41. The van der Waals surface area contributed by atoms with E-state index in [9.17, 15) is 24.1 Å². The Kier molecular flexibility index (Phi) is 4.51. The fourth-order valence-corrected chi connectivity index (χ4v) is 1.57. The van der Waals surface area contributed by atoms with Crippen molar-refractivity contribution in [2.24, 2.45) is 0 Å². The first kappa shape index (κ1) is 14.6. The molecular weight excluding hydrogens is 261 g/mol. The molecular formula is C11H10FNO6. The molecule has 0 spiro atoms. The lowest BCUT2D eigenvalue weighted by Gasteiger charge is -2.08. The van der Waals surface area contributed by atoms with Crippen LogP contribution >= 0.6 is 0 Å². The lowest BCUT2D eigenvalue weighted by molar-refractivity contribution is -0.385. The summed E-state index contributed by atoms with van der Waals surface area (Å²) in [5.74, 6) is -3.17. The predicted octanol–water partition coefficient (Wildman–Crippen LogP) is 1.54. The van der Waals surface area contributed by atoms with E-state index in [0.29, 0.717) is 0 Å². The van der Waals surface area contributed by atoms with Gasteiger partial charge in [0.2, 0.25) is 0 Å². The fraction of sp³-hybridized carbons (Fsp3) is 0.273. The van der Waals surface area contributed by atoms with Gasteiger partial charge in [0.25, 0.3) is 5.69 Å². The second-order valence-corrected chi connectivity index (χ2v) is 3.56. The number of nitro benzene ring substituents is 1. The summed E-state index contributed by atoms with van der Waals surface area (Å²) < 4.78 is 18.0. The molecule has 8 heteroatoms. The molecule has 102 valence electrons. The number of esters is 1. The Bertz CT molecular complexity index is 542. The van der Waals surface area contributed by atoms with Gasteiger partial charge in [0.1, 0.15) is 11.4 Å². The van der Waals surface area contributed by atoms with Gasteiger partial charge < -0.3 is 9.84 Å². The first-order chi connectivity index (χ1) is 8.88. The van der Waals surface area contributed by atoms with E-state index < -0.39 is 40.4 Å². The van der Waals surface area contributed by atoms with Gasteiger partial charge in [0.15, 0.2) is 0 Å². The number of carboxylic acid groups (broad SMARTS) is 1. The third-order valence-electron chi connectivity index (χ3n) is 2.41. The maximum absolute atomic E-state index is 13.6. The van der Waals surface area contributed by atoms with E-state index in [1.165, 1.54) is 0 Å². The number of nitro groups is 1. The van der Waals surface area contributed by atoms with Crippen molar-refractivity contribution in [2.75, 3.05) is 7.11 Å². The molecule has 0 saturated heterocycles. The molecule has 0 aromatic heterocycles. The van der Waals surface area contributed by atoms with Crippen LogP contribution in [0.25, 0.3) is 0 Å². The number of hydrogen-bond donors (Lipinski definition) is 1. The molecule has 0 fully saturated rings. The molecule has 0 aliphatic heterocycles. The smallest absolute Gasteiger partial charge is 0.345 e. The predicted molar refractivity (Wildman–Crippen MR) is 60.4 cm³/mol. The topological polar surface area (TPSA) is 107 Å². The van der Waals surface area contributed by atoms with Gasteiger partial charge >= 0.3 is 11.9 Å². The number of aliphatic carboxylic acids is 1. The van der Waals surface area contributed by atoms with E-state index in [2.05, 4.69) is 4.74 Å². The molecule has 0 aliphatic rings. The number of hydrogen-bond acceptors (Lipinski definition) is 5. The molecule has 1 aromatic rings. The number of carbonyl (C=O) groups excluding carboxylic acids is 1. The summed E-state index contributed by atoms with van der Waals surface area (Å²) in [6, 6.07) is 1.66. The first-order valence-electron chi connectivity index (χ1n) is 5.14. The second kappa shape index (κ2) is 5.89. The molecule has 0 atom stereocenters. The Labute approximate surface area is 106 Å². The Morgan fingerprint density at radius 3 is 2.58 bits per heavy atom. The number of nitrogens with zero attached hydrogens (tertiary/aromatic N) is 1. The highest BCUT2D eigenvalue weighted by molar-refractivity contribution is 5.95. The molecule has 0 amide bonds. The minimum absolute atomic E-state index is 0.330. The van der Waals surface area contributed by atoms with E-state index in [0.717, 1.165) is 19.2 Å². The van der Waals surface area contributed by atoms with Crippen molar-refractivity contribution in [3.8, 4) is 0 Å². The summed E-state index contributed by atoms with van der Waals surface area (Å²) >= 11 is 0. The van der Waals surface area contributed by atoms with Crippen molar-refractivity contribution in [1.29, 1.82) is 0 Å². The Morgan fingerprint density at radius 1 is 1.47 bits per heavy atom. The lowest BCUT2D eigenvalue weighted by Crippen LogP contribution is -2.12. The zero-order valence-electron chi connectivity index (χ0n) is 9.88. The normalized spacial score (nSPS) is 10.0. The monoisotopic (exact) mass is 271 g/mol. The van der Waals surface area contributed by atoms with Gasteiger partial charge in [-0.05, 0) is 12.5 Å². The first-order valence-corrected chi connectivity index (χ1v) is 5.14. The summed E-state index contributed by atoms with van der Waals surface area (Å²) in [7, 11) is 0.998. The molecule has 7 nitrogen and oxygen atoms in total. The summed E-state index contributed by atoms with van der Waals surface area (Å²) in [6.45, 7) is 0. The number of carboxylic acids is 1. The van der Waals surface area contributed by atoms with Crippen LogP contribution < -0.4 is 0 Å². The van der Waals surface area contributed by atoms with E-state index in [1.807, 2.05) is 0 Å². The zero-order valence-corrected chi connectivity index (χ0v) is 9.88. The van der Waals surface area contributed by atoms with E-state index >= 15 is 0 Å². The number of halogens is 1. The van der Waals surface area contributed by atoms with Gasteiger partial charge in [0.05, 0.1) is 12.0 Å². The molecule has 0 bridgehead atoms. The lowest BCUT2D eigenvalue weighted by atomic mass is 10.0. The molecule has 0 radical (unpaired) electrons. The quantitative estimate of drug-likeness (QED) is 0.494. The average Bonchev–Trinajstić information content (AvgIpc) is 2.35. The Balaban J connectivity index is 3.39. The van der Waals surface area contributed by atoms with Crippen LogP contribution in [-0.4, -0.2) is 29.1 Å². The van der Waals surface area contributed by atoms with E-state index in [1.54, 1.807) is 0 Å². The number of carbonyl (C=O) groups is 2. The van der Waals surface area contributed by atoms with Crippen LogP contribution in [-0.2, 0) is 16.0 Å². The van der Waals surface area contributed by atoms with Crippen LogP contribution in [0.4, 0.5) is 10.1 Å². The van der Waals surface area contributed by atoms with Crippen molar-refractivity contribution in [2.45, 2.75) is 12.8 Å². The van der Waals surface area contributed by atoms with Crippen molar-refractivity contribution in [3.05, 3.63) is 39.2 Å². The van der Waals surface area contributed by atoms with E-state index in [4.69, 9.17) is 5.11 Å². The van der Waals surface area contributed by atoms with Crippen molar-refractivity contribution >= 4 is 17.6 Å². The maximum Gasteiger partial charge on any atom is 0.345 e. The highest BCUT2D eigenvalue weighted by atomic mass is 19.1. The molecule has 0 aliphatic carbocycles. The van der Waals surface area contributed by atoms with Crippen LogP contribution in [0.1, 0.15) is 22.3 Å². The van der Waals surface area contributed by atoms with Crippen molar-refractivity contribution in [1.82, 2.24) is 0 Å². The van der Waals surface area contributed by atoms with Gasteiger partial charge in [-0.25, -0.2) is 9.18 Å². The number of rotatable bonds is 5. The van der Waals surface area contributed by atoms with E-state index in [-0.39, 0.29) is 12.0 Å². The molecule has 1 N–H and O–H groups in total. The standard InChI is InChI=1S/C11H10FNO6/c1-19-11(16)10-6(2-5-9(14)15)7(12)3-4-8(10)13(17)18/h3-4H,2,5H2,1H3,(H,14,15). The maximum atomic E-state index is 13.6. The van der Waals surface area contributed by atoms with Gasteiger partial charge in [-0.1, -0.05) is 0 Å². The minimum atomic E-state index is -1.21. The number of methoxy groups -OCH3 is 1.